The van der Waals surface area contributed by atoms with E-state index in [9.17, 15) is 5.11 Å². The van der Waals surface area contributed by atoms with E-state index in [1.54, 1.807) is 6.07 Å². The molecular formula is C22H20O2. The van der Waals surface area contributed by atoms with Gasteiger partial charge in [-0.25, -0.2) is 0 Å². The quantitative estimate of drug-likeness (QED) is 0.482. The van der Waals surface area contributed by atoms with Crippen LogP contribution in [0.3, 0.4) is 0 Å². The van der Waals surface area contributed by atoms with Crippen LogP contribution in [0.2, 0.25) is 0 Å². The highest BCUT2D eigenvalue weighted by Crippen LogP contribution is 2.42. The summed E-state index contributed by atoms with van der Waals surface area (Å²) < 4.78 is 6.01. The van der Waals surface area contributed by atoms with Gasteiger partial charge in [0.1, 0.15) is 17.1 Å². The van der Waals surface area contributed by atoms with Crippen LogP contribution in [0.1, 0.15) is 23.8 Å². The van der Waals surface area contributed by atoms with Gasteiger partial charge in [-0.1, -0.05) is 43.3 Å². The molecule has 0 unspecified atom stereocenters. The molecule has 0 saturated heterocycles. The van der Waals surface area contributed by atoms with Crippen molar-refractivity contribution in [3.63, 3.8) is 0 Å². The topological polar surface area (TPSA) is 33.4 Å². The predicted molar refractivity (Wildman–Crippen MR) is 99.7 cm³/mol. The van der Waals surface area contributed by atoms with Crippen molar-refractivity contribution in [1.29, 1.82) is 0 Å². The van der Waals surface area contributed by atoms with Crippen LogP contribution in [0.25, 0.3) is 32.9 Å². The maximum atomic E-state index is 10.3. The summed E-state index contributed by atoms with van der Waals surface area (Å²) in [6.45, 7) is 6.19. The molecule has 1 N–H and O–H groups in total. The maximum Gasteiger partial charge on any atom is 0.135 e. The van der Waals surface area contributed by atoms with Crippen LogP contribution in [0.15, 0.2) is 52.9 Å². The second-order valence-corrected chi connectivity index (χ2v) is 6.29. The van der Waals surface area contributed by atoms with Crippen LogP contribution in [0.4, 0.5) is 0 Å². The maximum absolute atomic E-state index is 10.3. The lowest BCUT2D eigenvalue weighted by Gasteiger charge is -2.14. The Labute approximate surface area is 141 Å². The molecule has 0 atom stereocenters. The van der Waals surface area contributed by atoms with Crippen LogP contribution in [0, 0.1) is 13.8 Å². The summed E-state index contributed by atoms with van der Waals surface area (Å²) in [6, 6.07) is 16.3. The van der Waals surface area contributed by atoms with E-state index < -0.39 is 0 Å². The number of furan rings is 1. The first kappa shape index (κ1) is 14.8. The first-order valence-electron chi connectivity index (χ1n) is 8.34. The average Bonchev–Trinajstić information content (AvgIpc) is 2.87. The van der Waals surface area contributed by atoms with Crippen LogP contribution in [-0.2, 0) is 6.42 Å². The van der Waals surface area contributed by atoms with Gasteiger partial charge in [-0.2, -0.15) is 0 Å². The zero-order valence-corrected chi connectivity index (χ0v) is 14.2. The molecule has 1 heterocycles. The second kappa shape index (κ2) is 5.41. The Morgan fingerprint density at radius 3 is 2.58 bits per heavy atom. The van der Waals surface area contributed by atoms with Gasteiger partial charge in [-0.3, -0.25) is 0 Å². The zero-order chi connectivity index (χ0) is 16.8. The van der Waals surface area contributed by atoms with Crippen LogP contribution in [0.5, 0.6) is 5.75 Å². The normalized spacial score (nSPS) is 11.5. The van der Waals surface area contributed by atoms with E-state index in [0.29, 0.717) is 5.75 Å². The SMILES string of the molecule is CCc1c(O)cccc1-c1c2ccccc2cc2oc(C)c(C)c12. The number of phenols is 1. The number of hydrogen-bond donors (Lipinski definition) is 1. The van der Waals surface area contributed by atoms with E-state index in [0.717, 1.165) is 50.8 Å². The fourth-order valence-electron chi connectivity index (χ4n) is 3.65. The molecule has 2 heteroatoms. The van der Waals surface area contributed by atoms with Crippen LogP contribution in [-0.4, -0.2) is 5.11 Å². The fraction of sp³-hybridized carbons (Fsp3) is 0.182. The molecule has 24 heavy (non-hydrogen) atoms. The minimum Gasteiger partial charge on any atom is -0.508 e. The molecule has 0 spiro atoms. The van der Waals surface area contributed by atoms with Crippen molar-refractivity contribution in [1.82, 2.24) is 0 Å². The smallest absolute Gasteiger partial charge is 0.135 e. The van der Waals surface area contributed by atoms with Crippen LogP contribution < -0.4 is 0 Å². The van der Waals surface area contributed by atoms with E-state index in [1.807, 2.05) is 19.1 Å². The van der Waals surface area contributed by atoms with Crippen molar-refractivity contribution in [3.05, 3.63) is 65.4 Å². The first-order valence-corrected chi connectivity index (χ1v) is 8.34. The molecule has 1 aromatic heterocycles. The highest BCUT2D eigenvalue weighted by Gasteiger charge is 2.19. The van der Waals surface area contributed by atoms with Crippen LogP contribution >= 0.6 is 0 Å². The molecule has 4 aromatic rings. The fourth-order valence-corrected chi connectivity index (χ4v) is 3.65. The lowest BCUT2D eigenvalue weighted by molar-refractivity contribution is 0.469. The largest absolute Gasteiger partial charge is 0.508 e. The van der Waals surface area contributed by atoms with E-state index in [2.05, 4.69) is 44.2 Å². The van der Waals surface area contributed by atoms with Crippen molar-refractivity contribution in [2.75, 3.05) is 0 Å². The molecule has 3 aromatic carbocycles. The number of phenolic OH excluding ortho intramolecular Hbond substituents is 1. The van der Waals surface area contributed by atoms with Gasteiger partial charge in [0.15, 0.2) is 0 Å². The van der Waals surface area contributed by atoms with Gasteiger partial charge in [0.25, 0.3) is 0 Å². The van der Waals surface area contributed by atoms with Crippen molar-refractivity contribution < 1.29 is 9.52 Å². The van der Waals surface area contributed by atoms with Crippen molar-refractivity contribution in [3.8, 4) is 16.9 Å². The van der Waals surface area contributed by atoms with Gasteiger partial charge < -0.3 is 9.52 Å². The molecule has 0 aliphatic rings. The molecule has 0 radical (unpaired) electrons. The highest BCUT2D eigenvalue weighted by atomic mass is 16.3. The lowest BCUT2D eigenvalue weighted by Crippen LogP contribution is -1.91. The Bertz CT molecular complexity index is 1070. The number of fused-ring (bicyclic) bond motifs is 2. The Kier molecular flexibility index (Phi) is 3.34. The average molecular weight is 316 g/mol. The summed E-state index contributed by atoms with van der Waals surface area (Å²) in [5.74, 6) is 1.30. The third kappa shape index (κ3) is 2.03. The number of aryl methyl sites for hydroxylation is 2. The summed E-state index contributed by atoms with van der Waals surface area (Å²) in [4.78, 5) is 0. The lowest BCUT2D eigenvalue weighted by atomic mass is 9.89. The molecule has 0 fully saturated rings. The molecule has 0 aliphatic heterocycles. The zero-order valence-electron chi connectivity index (χ0n) is 14.2. The summed E-state index contributed by atoms with van der Waals surface area (Å²) in [5.41, 5.74) is 5.29. The number of aromatic hydroxyl groups is 1. The minimum atomic E-state index is 0.356. The third-order valence-corrected chi connectivity index (χ3v) is 4.95. The van der Waals surface area contributed by atoms with Crippen molar-refractivity contribution in [2.45, 2.75) is 27.2 Å². The van der Waals surface area contributed by atoms with E-state index in [4.69, 9.17) is 4.42 Å². The van der Waals surface area contributed by atoms with E-state index in [-0.39, 0.29) is 0 Å². The third-order valence-electron chi connectivity index (χ3n) is 4.95. The predicted octanol–water partition coefficient (Wildman–Crippen LogP) is 6.14. The van der Waals surface area contributed by atoms with Gasteiger partial charge in [-0.05, 0) is 54.3 Å². The Morgan fingerprint density at radius 2 is 1.79 bits per heavy atom. The summed E-state index contributed by atoms with van der Waals surface area (Å²) >= 11 is 0. The molecule has 0 bridgehead atoms. The number of hydrogen-bond acceptors (Lipinski definition) is 2. The summed E-state index contributed by atoms with van der Waals surface area (Å²) in [6.07, 6.45) is 0.780. The molecule has 0 aliphatic carbocycles. The molecule has 120 valence electrons. The highest BCUT2D eigenvalue weighted by molar-refractivity contribution is 6.13. The Morgan fingerprint density at radius 1 is 1.00 bits per heavy atom. The molecule has 0 saturated carbocycles. The van der Waals surface area contributed by atoms with Gasteiger partial charge in [-0.15, -0.1) is 0 Å². The Hall–Kier alpha value is -2.74. The second-order valence-electron chi connectivity index (χ2n) is 6.29. The summed E-state index contributed by atoms with van der Waals surface area (Å²) in [7, 11) is 0. The standard InChI is InChI=1S/C22H20O2/c1-4-16-18(10-7-11-19(16)23)22-17-9-6-5-8-15(17)12-20-21(22)13(2)14(3)24-20/h5-12,23H,4H2,1-3H3. The monoisotopic (exact) mass is 316 g/mol. The molecule has 0 amide bonds. The Balaban J connectivity index is 2.26. The molecular weight excluding hydrogens is 296 g/mol. The van der Waals surface area contributed by atoms with Gasteiger partial charge in [0, 0.05) is 16.5 Å². The first-order chi connectivity index (χ1) is 11.6. The summed E-state index contributed by atoms with van der Waals surface area (Å²) in [5, 5.41) is 13.8. The minimum absolute atomic E-state index is 0.356. The molecule has 2 nitrogen and oxygen atoms in total. The molecule has 4 rings (SSSR count). The number of benzene rings is 3. The van der Waals surface area contributed by atoms with E-state index >= 15 is 0 Å². The van der Waals surface area contributed by atoms with Crippen molar-refractivity contribution >= 4 is 21.7 Å². The van der Waals surface area contributed by atoms with Gasteiger partial charge >= 0.3 is 0 Å². The van der Waals surface area contributed by atoms with Crippen molar-refractivity contribution in [2.24, 2.45) is 0 Å². The number of rotatable bonds is 2. The van der Waals surface area contributed by atoms with Gasteiger partial charge in [0.05, 0.1) is 0 Å². The van der Waals surface area contributed by atoms with E-state index in [1.165, 1.54) is 5.39 Å². The van der Waals surface area contributed by atoms with Gasteiger partial charge in [0.2, 0.25) is 0 Å².